The van der Waals surface area contributed by atoms with E-state index in [9.17, 15) is 4.79 Å². The number of nitrogens with zero attached hydrogens (tertiary/aromatic N) is 2. The van der Waals surface area contributed by atoms with Gasteiger partial charge in [-0.2, -0.15) is 0 Å². The van der Waals surface area contributed by atoms with Crippen LogP contribution in [0.1, 0.15) is 0 Å². The Morgan fingerprint density at radius 2 is 2.29 bits per heavy atom. The second-order valence-corrected chi connectivity index (χ2v) is 3.58. The minimum atomic E-state index is -0.0928. The molecule has 0 bridgehead atoms. The molecule has 0 unspecified atom stereocenters. The molecule has 0 saturated heterocycles. The van der Waals surface area contributed by atoms with Gasteiger partial charge >= 0.3 is 0 Å². The first kappa shape index (κ1) is 10.9. The van der Waals surface area contributed by atoms with Gasteiger partial charge in [-0.05, 0) is 26.2 Å². The first-order chi connectivity index (χ1) is 6.58. The van der Waals surface area contributed by atoms with Crippen LogP contribution < -0.4 is 5.32 Å². The third-order valence-corrected chi connectivity index (χ3v) is 1.68. The predicted octanol–water partition coefficient (Wildman–Crippen LogP) is 1.24. The average Bonchev–Trinajstić information content (AvgIpc) is 2.07. The molecule has 1 aromatic heterocycles. The second kappa shape index (κ2) is 4.93. The highest BCUT2D eigenvalue weighted by Gasteiger charge is 2.03. The number of aromatic nitrogens is 1. The van der Waals surface area contributed by atoms with Gasteiger partial charge in [0.05, 0.1) is 11.6 Å². The number of rotatable bonds is 3. The highest BCUT2D eigenvalue weighted by atomic mass is 35.5. The summed E-state index contributed by atoms with van der Waals surface area (Å²) in [5, 5.41) is 3.20. The Morgan fingerprint density at radius 3 is 2.79 bits per heavy atom. The van der Waals surface area contributed by atoms with Crippen molar-refractivity contribution in [3.8, 4) is 0 Å². The van der Waals surface area contributed by atoms with Crippen molar-refractivity contribution < 1.29 is 4.79 Å². The predicted molar refractivity (Wildman–Crippen MR) is 56.4 cm³/mol. The Bertz CT molecular complexity index is 310. The Morgan fingerprint density at radius 1 is 1.57 bits per heavy atom. The number of halogens is 1. The maximum Gasteiger partial charge on any atom is 0.239 e. The first-order valence-electron chi connectivity index (χ1n) is 4.14. The molecule has 0 radical (unpaired) electrons. The van der Waals surface area contributed by atoms with Gasteiger partial charge < -0.3 is 10.2 Å². The summed E-state index contributed by atoms with van der Waals surface area (Å²) in [5.74, 6) is 0.422. The van der Waals surface area contributed by atoms with E-state index in [0.717, 1.165) is 0 Å². The molecule has 76 valence electrons. The smallest absolute Gasteiger partial charge is 0.239 e. The van der Waals surface area contributed by atoms with Gasteiger partial charge in [0.15, 0.2) is 0 Å². The number of carbonyl (C=O) groups is 1. The largest absolute Gasteiger partial charge is 0.310 e. The highest BCUT2D eigenvalue weighted by Crippen LogP contribution is 2.09. The molecule has 1 heterocycles. The zero-order valence-electron chi connectivity index (χ0n) is 8.12. The van der Waals surface area contributed by atoms with Crippen LogP contribution >= 0.6 is 11.6 Å². The summed E-state index contributed by atoms with van der Waals surface area (Å²) in [7, 11) is 3.66. The van der Waals surface area contributed by atoms with Crippen LogP contribution in [0.2, 0.25) is 5.02 Å². The van der Waals surface area contributed by atoms with Crippen LogP contribution in [-0.4, -0.2) is 36.4 Å². The van der Waals surface area contributed by atoms with Gasteiger partial charge in [0.2, 0.25) is 5.91 Å². The summed E-state index contributed by atoms with van der Waals surface area (Å²) in [6.45, 7) is 0.338. The van der Waals surface area contributed by atoms with Crippen LogP contribution in [0, 0.1) is 0 Å². The normalized spacial score (nSPS) is 10.3. The number of hydrogen-bond donors (Lipinski definition) is 1. The number of pyridine rings is 1. The molecule has 1 rings (SSSR count). The molecule has 0 aromatic carbocycles. The van der Waals surface area contributed by atoms with Crippen molar-refractivity contribution in [3.05, 3.63) is 23.4 Å². The molecular formula is C9H12ClN3O. The summed E-state index contributed by atoms with van der Waals surface area (Å²) >= 11 is 5.65. The minimum absolute atomic E-state index is 0.0928. The number of amides is 1. The fourth-order valence-electron chi connectivity index (χ4n) is 0.919. The maximum absolute atomic E-state index is 11.3. The van der Waals surface area contributed by atoms with Gasteiger partial charge in [-0.15, -0.1) is 0 Å². The third kappa shape index (κ3) is 3.72. The summed E-state index contributed by atoms with van der Waals surface area (Å²) in [6, 6.07) is 3.34. The second-order valence-electron chi connectivity index (χ2n) is 3.15. The molecule has 0 aliphatic heterocycles. The monoisotopic (exact) mass is 213 g/mol. The van der Waals surface area contributed by atoms with Crippen molar-refractivity contribution in [1.29, 1.82) is 0 Å². The minimum Gasteiger partial charge on any atom is -0.310 e. The Kier molecular flexibility index (Phi) is 3.85. The van der Waals surface area contributed by atoms with Gasteiger partial charge in [0, 0.05) is 6.20 Å². The standard InChI is InChI=1S/C9H12ClN3O/c1-13(2)6-9(14)12-8-4-3-7(10)5-11-8/h3-5H,6H2,1-2H3,(H,11,12,14). The number of likely N-dealkylation sites (N-methyl/N-ethyl adjacent to an activating group) is 1. The van der Waals surface area contributed by atoms with Crippen molar-refractivity contribution in [2.45, 2.75) is 0 Å². The molecule has 1 aromatic rings. The zero-order chi connectivity index (χ0) is 10.6. The maximum atomic E-state index is 11.3. The topological polar surface area (TPSA) is 45.2 Å². The fourth-order valence-corrected chi connectivity index (χ4v) is 1.03. The van der Waals surface area contributed by atoms with Crippen molar-refractivity contribution in [3.63, 3.8) is 0 Å². The van der Waals surface area contributed by atoms with E-state index in [2.05, 4.69) is 10.3 Å². The van der Waals surface area contributed by atoms with E-state index in [1.54, 1.807) is 17.0 Å². The molecular weight excluding hydrogens is 202 g/mol. The van der Waals surface area contributed by atoms with Crippen molar-refractivity contribution in [1.82, 2.24) is 9.88 Å². The molecule has 5 heteroatoms. The van der Waals surface area contributed by atoms with Crippen molar-refractivity contribution in [2.75, 3.05) is 26.0 Å². The van der Waals surface area contributed by atoms with Gasteiger partial charge in [-0.1, -0.05) is 11.6 Å². The number of hydrogen-bond acceptors (Lipinski definition) is 3. The van der Waals surface area contributed by atoms with Crippen LogP contribution in [0.4, 0.5) is 5.82 Å². The molecule has 4 nitrogen and oxygen atoms in total. The molecule has 0 aliphatic rings. The number of anilines is 1. The molecule has 14 heavy (non-hydrogen) atoms. The Hall–Kier alpha value is -1.13. The lowest BCUT2D eigenvalue weighted by atomic mass is 10.4. The summed E-state index contributed by atoms with van der Waals surface area (Å²) < 4.78 is 0. The van der Waals surface area contributed by atoms with Gasteiger partial charge in [-0.25, -0.2) is 4.98 Å². The van der Waals surface area contributed by atoms with E-state index in [4.69, 9.17) is 11.6 Å². The van der Waals surface area contributed by atoms with Gasteiger partial charge in [0.1, 0.15) is 5.82 Å². The van der Waals surface area contributed by atoms with E-state index in [1.165, 1.54) is 6.20 Å². The Labute approximate surface area is 87.9 Å². The molecule has 0 spiro atoms. The van der Waals surface area contributed by atoms with Crippen LogP contribution in [0.25, 0.3) is 0 Å². The van der Waals surface area contributed by atoms with Crippen molar-refractivity contribution in [2.24, 2.45) is 0 Å². The third-order valence-electron chi connectivity index (χ3n) is 1.45. The Balaban J connectivity index is 2.52. The van der Waals surface area contributed by atoms with Gasteiger partial charge in [0.25, 0.3) is 0 Å². The van der Waals surface area contributed by atoms with E-state index in [-0.39, 0.29) is 5.91 Å². The quantitative estimate of drug-likeness (QED) is 0.822. The van der Waals surface area contributed by atoms with Crippen LogP contribution in [-0.2, 0) is 4.79 Å². The van der Waals surface area contributed by atoms with Crippen LogP contribution in [0.15, 0.2) is 18.3 Å². The van der Waals surface area contributed by atoms with E-state index >= 15 is 0 Å². The van der Waals surface area contributed by atoms with E-state index in [0.29, 0.717) is 17.4 Å². The lowest BCUT2D eigenvalue weighted by Crippen LogP contribution is -2.27. The van der Waals surface area contributed by atoms with Crippen molar-refractivity contribution >= 4 is 23.3 Å². The summed E-state index contributed by atoms with van der Waals surface area (Å²) in [6.07, 6.45) is 1.49. The highest BCUT2D eigenvalue weighted by molar-refractivity contribution is 6.30. The summed E-state index contributed by atoms with van der Waals surface area (Å²) in [5.41, 5.74) is 0. The molecule has 0 aliphatic carbocycles. The molecule has 0 saturated carbocycles. The molecule has 1 amide bonds. The fraction of sp³-hybridized carbons (Fsp3) is 0.333. The number of carbonyl (C=O) groups excluding carboxylic acids is 1. The lowest BCUT2D eigenvalue weighted by molar-refractivity contribution is -0.116. The average molecular weight is 214 g/mol. The molecule has 1 N–H and O–H groups in total. The summed E-state index contributed by atoms with van der Waals surface area (Å²) in [4.78, 5) is 17.0. The van der Waals surface area contributed by atoms with Crippen LogP contribution in [0.5, 0.6) is 0 Å². The SMILES string of the molecule is CN(C)CC(=O)Nc1ccc(Cl)cn1. The lowest BCUT2D eigenvalue weighted by Gasteiger charge is -2.09. The number of nitrogens with one attached hydrogen (secondary N) is 1. The molecule has 0 fully saturated rings. The first-order valence-corrected chi connectivity index (χ1v) is 4.52. The van der Waals surface area contributed by atoms with E-state index in [1.807, 2.05) is 14.1 Å². The van der Waals surface area contributed by atoms with Gasteiger partial charge in [-0.3, -0.25) is 4.79 Å². The van der Waals surface area contributed by atoms with E-state index < -0.39 is 0 Å². The molecule has 0 atom stereocenters. The van der Waals surface area contributed by atoms with Crippen LogP contribution in [0.3, 0.4) is 0 Å². The zero-order valence-corrected chi connectivity index (χ0v) is 8.88.